The van der Waals surface area contributed by atoms with Crippen LogP contribution in [0, 0.1) is 0 Å². The van der Waals surface area contributed by atoms with Gasteiger partial charge in [-0.3, -0.25) is 4.55 Å². The standard InChI is InChI=1S/C14H10O3S/c15-18(16,17)14-6-5-12-7-10-3-1-2-4-11(10)8-13(12)9-14/h1-9H,(H,15,16,17). The second-order valence-electron chi connectivity index (χ2n) is 4.18. The van der Waals surface area contributed by atoms with E-state index < -0.39 is 10.1 Å². The number of fused-ring (bicyclic) bond motifs is 2. The normalized spacial score (nSPS) is 12.1. The van der Waals surface area contributed by atoms with Gasteiger partial charge in [-0.25, -0.2) is 0 Å². The third-order valence-corrected chi connectivity index (χ3v) is 3.82. The molecule has 0 atom stereocenters. The van der Waals surface area contributed by atoms with E-state index in [-0.39, 0.29) is 4.90 Å². The van der Waals surface area contributed by atoms with Crippen molar-refractivity contribution < 1.29 is 13.0 Å². The monoisotopic (exact) mass is 258 g/mol. The highest BCUT2D eigenvalue weighted by Gasteiger charge is 2.09. The quantitative estimate of drug-likeness (QED) is 0.538. The molecule has 0 aliphatic heterocycles. The lowest BCUT2D eigenvalue weighted by molar-refractivity contribution is 0.483. The third kappa shape index (κ3) is 1.85. The molecular weight excluding hydrogens is 248 g/mol. The van der Waals surface area contributed by atoms with Gasteiger partial charge in [0.2, 0.25) is 0 Å². The molecule has 18 heavy (non-hydrogen) atoms. The van der Waals surface area contributed by atoms with Gasteiger partial charge < -0.3 is 0 Å². The van der Waals surface area contributed by atoms with Gasteiger partial charge in [-0.2, -0.15) is 8.42 Å². The molecule has 1 N–H and O–H groups in total. The van der Waals surface area contributed by atoms with E-state index in [1.165, 1.54) is 12.1 Å². The SMILES string of the molecule is O=S(=O)(O)c1ccc2cc3ccccc3cc2c1. The molecule has 4 heteroatoms. The Kier molecular flexibility index (Phi) is 2.36. The summed E-state index contributed by atoms with van der Waals surface area (Å²) in [4.78, 5) is -0.0784. The minimum absolute atomic E-state index is 0.0784. The molecule has 0 aliphatic rings. The van der Waals surface area contributed by atoms with Crippen molar-refractivity contribution in [2.75, 3.05) is 0 Å². The van der Waals surface area contributed by atoms with Crippen LogP contribution in [0.15, 0.2) is 59.5 Å². The number of rotatable bonds is 1. The van der Waals surface area contributed by atoms with E-state index in [0.29, 0.717) is 0 Å². The molecule has 0 saturated heterocycles. The van der Waals surface area contributed by atoms with Gasteiger partial charge in [-0.05, 0) is 45.8 Å². The van der Waals surface area contributed by atoms with E-state index >= 15 is 0 Å². The molecule has 0 saturated carbocycles. The average Bonchev–Trinajstić information content (AvgIpc) is 2.34. The molecule has 3 aromatic rings. The summed E-state index contributed by atoms with van der Waals surface area (Å²) < 4.78 is 31.2. The van der Waals surface area contributed by atoms with Crippen molar-refractivity contribution in [3.8, 4) is 0 Å². The molecule has 3 nitrogen and oxygen atoms in total. The largest absolute Gasteiger partial charge is 0.294 e. The van der Waals surface area contributed by atoms with Crippen molar-refractivity contribution in [2.45, 2.75) is 4.90 Å². The first-order valence-corrected chi connectivity index (χ1v) is 6.88. The van der Waals surface area contributed by atoms with Gasteiger partial charge in [0.15, 0.2) is 0 Å². The van der Waals surface area contributed by atoms with Gasteiger partial charge in [-0.15, -0.1) is 0 Å². The number of hydrogen-bond acceptors (Lipinski definition) is 2. The molecule has 3 rings (SSSR count). The van der Waals surface area contributed by atoms with Crippen LogP contribution in [0.1, 0.15) is 0 Å². The Morgan fingerprint density at radius 1 is 0.722 bits per heavy atom. The van der Waals surface area contributed by atoms with E-state index in [9.17, 15) is 8.42 Å². The smallest absolute Gasteiger partial charge is 0.282 e. The zero-order valence-electron chi connectivity index (χ0n) is 9.37. The average molecular weight is 258 g/mol. The maximum Gasteiger partial charge on any atom is 0.294 e. The summed E-state index contributed by atoms with van der Waals surface area (Å²) in [5.74, 6) is 0. The van der Waals surface area contributed by atoms with Crippen LogP contribution < -0.4 is 0 Å². The van der Waals surface area contributed by atoms with Crippen molar-refractivity contribution in [2.24, 2.45) is 0 Å². The minimum Gasteiger partial charge on any atom is -0.282 e. The molecule has 0 unspecified atom stereocenters. The van der Waals surface area contributed by atoms with Crippen LogP contribution in [0.4, 0.5) is 0 Å². The lowest BCUT2D eigenvalue weighted by Crippen LogP contribution is -1.97. The number of benzene rings is 3. The zero-order valence-corrected chi connectivity index (χ0v) is 10.2. The molecule has 0 fully saturated rings. The Labute approximate surface area is 104 Å². The van der Waals surface area contributed by atoms with Crippen molar-refractivity contribution in [3.63, 3.8) is 0 Å². The van der Waals surface area contributed by atoms with Crippen molar-refractivity contribution in [1.82, 2.24) is 0 Å². The summed E-state index contributed by atoms with van der Waals surface area (Å²) in [6.07, 6.45) is 0. The Bertz CT molecular complexity index is 851. The highest BCUT2D eigenvalue weighted by atomic mass is 32.2. The highest BCUT2D eigenvalue weighted by molar-refractivity contribution is 7.85. The molecule has 0 aromatic heterocycles. The van der Waals surface area contributed by atoms with E-state index in [2.05, 4.69) is 0 Å². The topological polar surface area (TPSA) is 54.4 Å². The van der Waals surface area contributed by atoms with Crippen molar-refractivity contribution in [1.29, 1.82) is 0 Å². The summed E-state index contributed by atoms with van der Waals surface area (Å²) in [6.45, 7) is 0. The summed E-state index contributed by atoms with van der Waals surface area (Å²) in [5.41, 5.74) is 0. The minimum atomic E-state index is -4.15. The van der Waals surface area contributed by atoms with E-state index in [4.69, 9.17) is 4.55 Å². The molecule has 0 amide bonds. The fourth-order valence-electron chi connectivity index (χ4n) is 2.08. The second-order valence-corrected chi connectivity index (χ2v) is 5.60. The van der Waals surface area contributed by atoms with Gasteiger partial charge in [0.1, 0.15) is 0 Å². The third-order valence-electron chi connectivity index (χ3n) is 2.97. The lowest BCUT2D eigenvalue weighted by atomic mass is 10.0. The van der Waals surface area contributed by atoms with Crippen LogP contribution in [0.3, 0.4) is 0 Å². The Morgan fingerprint density at radius 2 is 1.28 bits per heavy atom. The van der Waals surface area contributed by atoms with Gasteiger partial charge in [0, 0.05) is 0 Å². The Morgan fingerprint density at radius 3 is 1.89 bits per heavy atom. The molecule has 0 heterocycles. The Hall–Kier alpha value is -1.91. The highest BCUT2D eigenvalue weighted by Crippen LogP contribution is 2.24. The maximum absolute atomic E-state index is 11.1. The first kappa shape index (κ1) is 11.2. The van der Waals surface area contributed by atoms with Crippen LogP contribution in [0.2, 0.25) is 0 Å². The molecule has 0 spiro atoms. The fraction of sp³-hybridized carbons (Fsp3) is 0. The predicted octanol–water partition coefficient (Wildman–Crippen LogP) is 3.24. The van der Waals surface area contributed by atoms with Gasteiger partial charge in [0.05, 0.1) is 4.90 Å². The van der Waals surface area contributed by atoms with Crippen LogP contribution in [-0.2, 0) is 10.1 Å². The summed E-state index contributed by atoms with van der Waals surface area (Å²) in [6, 6.07) is 16.4. The first-order valence-electron chi connectivity index (χ1n) is 5.44. The first-order chi connectivity index (χ1) is 8.54. The van der Waals surface area contributed by atoms with Gasteiger partial charge in [-0.1, -0.05) is 30.3 Å². The summed E-state index contributed by atoms with van der Waals surface area (Å²) in [7, 11) is -4.15. The summed E-state index contributed by atoms with van der Waals surface area (Å²) >= 11 is 0. The predicted molar refractivity (Wildman–Crippen MR) is 71.3 cm³/mol. The molecular formula is C14H10O3S. The summed E-state index contributed by atoms with van der Waals surface area (Å²) in [5, 5.41) is 3.88. The van der Waals surface area contributed by atoms with E-state index in [1.807, 2.05) is 36.4 Å². The maximum atomic E-state index is 11.1. The van der Waals surface area contributed by atoms with Crippen molar-refractivity contribution in [3.05, 3.63) is 54.6 Å². The van der Waals surface area contributed by atoms with Crippen LogP contribution in [0.25, 0.3) is 21.5 Å². The molecule has 0 aliphatic carbocycles. The molecule has 0 radical (unpaired) electrons. The fourth-order valence-corrected chi connectivity index (χ4v) is 2.59. The van der Waals surface area contributed by atoms with Crippen LogP contribution >= 0.6 is 0 Å². The van der Waals surface area contributed by atoms with Gasteiger partial charge in [0.25, 0.3) is 10.1 Å². The van der Waals surface area contributed by atoms with Crippen LogP contribution in [0.5, 0.6) is 0 Å². The Balaban J connectivity index is 2.37. The second kappa shape index (κ2) is 3.80. The van der Waals surface area contributed by atoms with Crippen LogP contribution in [-0.4, -0.2) is 13.0 Å². The molecule has 0 bridgehead atoms. The lowest BCUT2D eigenvalue weighted by Gasteiger charge is -2.04. The van der Waals surface area contributed by atoms with E-state index in [0.717, 1.165) is 21.5 Å². The van der Waals surface area contributed by atoms with Gasteiger partial charge >= 0.3 is 0 Å². The number of hydrogen-bond donors (Lipinski definition) is 1. The van der Waals surface area contributed by atoms with E-state index in [1.54, 1.807) is 6.07 Å². The molecule has 90 valence electrons. The van der Waals surface area contributed by atoms with Crippen molar-refractivity contribution >= 4 is 31.7 Å². The zero-order chi connectivity index (χ0) is 12.8. The molecule has 3 aromatic carbocycles.